The molecule has 0 amide bonds. The minimum Gasteiger partial charge on any atom is -0.497 e. The summed E-state index contributed by atoms with van der Waals surface area (Å²) in [5.41, 5.74) is 7.42. The van der Waals surface area contributed by atoms with Gasteiger partial charge in [-0.1, -0.05) is 24.3 Å². The number of hydrogen-bond donors (Lipinski definition) is 1. The Morgan fingerprint density at radius 3 is 2.48 bits per heavy atom. The standard InChI is InChI=1S/C15H16N2O3S/c1-20-12-8-6-11(7-9-12)15(10-17(18)19)21-14-5-3-2-4-13(14)16/h2-9,15H,10,16H2,1H3/t15-/m0/s1. The molecule has 1 atom stereocenters. The number of nitrogen functional groups attached to an aromatic ring is 1. The van der Waals surface area contributed by atoms with Gasteiger partial charge in [-0.2, -0.15) is 0 Å². The van der Waals surface area contributed by atoms with Crippen LogP contribution in [0, 0.1) is 10.1 Å². The van der Waals surface area contributed by atoms with Crippen LogP contribution in [0.4, 0.5) is 5.69 Å². The zero-order chi connectivity index (χ0) is 15.2. The van der Waals surface area contributed by atoms with Crippen LogP contribution in [0.1, 0.15) is 10.8 Å². The van der Waals surface area contributed by atoms with Crippen LogP contribution in [0.25, 0.3) is 0 Å². The number of hydrogen-bond acceptors (Lipinski definition) is 5. The molecule has 0 unspecified atom stereocenters. The second-order valence-corrected chi connectivity index (χ2v) is 5.68. The van der Waals surface area contributed by atoms with Gasteiger partial charge in [0, 0.05) is 15.5 Å². The van der Waals surface area contributed by atoms with Gasteiger partial charge in [0.15, 0.2) is 0 Å². The summed E-state index contributed by atoms with van der Waals surface area (Å²) in [5, 5.41) is 10.6. The van der Waals surface area contributed by atoms with Crippen molar-refractivity contribution in [3.63, 3.8) is 0 Å². The largest absolute Gasteiger partial charge is 0.497 e. The Bertz CT molecular complexity index is 617. The maximum Gasteiger partial charge on any atom is 0.220 e. The molecule has 2 aromatic carbocycles. The van der Waals surface area contributed by atoms with E-state index < -0.39 is 0 Å². The van der Waals surface area contributed by atoms with Crippen molar-refractivity contribution < 1.29 is 9.66 Å². The number of nitro groups is 1. The van der Waals surface area contributed by atoms with Gasteiger partial charge in [-0.25, -0.2) is 0 Å². The van der Waals surface area contributed by atoms with Gasteiger partial charge >= 0.3 is 0 Å². The summed E-state index contributed by atoms with van der Waals surface area (Å²) >= 11 is 1.40. The van der Waals surface area contributed by atoms with Crippen molar-refractivity contribution >= 4 is 17.4 Å². The Kier molecular flexibility index (Phi) is 5.05. The summed E-state index contributed by atoms with van der Waals surface area (Å²) in [6.45, 7) is -0.161. The van der Waals surface area contributed by atoms with E-state index in [4.69, 9.17) is 10.5 Å². The third kappa shape index (κ3) is 4.13. The number of thioether (sulfide) groups is 1. The van der Waals surface area contributed by atoms with E-state index in [1.54, 1.807) is 25.3 Å². The number of nitrogens with two attached hydrogens (primary N) is 1. The van der Waals surface area contributed by atoms with E-state index in [1.165, 1.54) is 11.8 Å². The van der Waals surface area contributed by atoms with E-state index in [1.807, 2.05) is 30.3 Å². The van der Waals surface area contributed by atoms with Crippen LogP contribution in [-0.2, 0) is 0 Å². The quantitative estimate of drug-likeness (QED) is 0.383. The second kappa shape index (κ2) is 6.99. The summed E-state index contributed by atoms with van der Waals surface area (Å²) in [4.78, 5) is 11.5. The molecule has 5 nitrogen and oxygen atoms in total. The van der Waals surface area contributed by atoms with Crippen LogP contribution >= 0.6 is 11.8 Å². The Morgan fingerprint density at radius 2 is 1.90 bits per heavy atom. The van der Waals surface area contributed by atoms with Crippen molar-refractivity contribution in [3.8, 4) is 5.75 Å². The molecule has 0 aliphatic rings. The molecule has 0 spiro atoms. The van der Waals surface area contributed by atoms with Crippen LogP contribution in [0.15, 0.2) is 53.4 Å². The highest BCUT2D eigenvalue weighted by Gasteiger charge is 2.20. The lowest BCUT2D eigenvalue weighted by molar-refractivity contribution is -0.479. The molecule has 0 heterocycles. The smallest absolute Gasteiger partial charge is 0.220 e. The predicted octanol–water partition coefficient (Wildman–Crippen LogP) is 3.39. The lowest BCUT2D eigenvalue weighted by Gasteiger charge is -2.14. The molecule has 21 heavy (non-hydrogen) atoms. The van der Waals surface area contributed by atoms with Crippen LogP contribution in [0.3, 0.4) is 0 Å². The third-order valence-corrected chi connectivity index (χ3v) is 4.32. The van der Waals surface area contributed by atoms with E-state index in [9.17, 15) is 10.1 Å². The first-order chi connectivity index (χ1) is 10.1. The highest BCUT2D eigenvalue weighted by atomic mass is 32.2. The van der Waals surface area contributed by atoms with Crippen molar-refractivity contribution in [1.29, 1.82) is 0 Å². The Hall–Kier alpha value is -2.21. The van der Waals surface area contributed by atoms with Gasteiger partial charge in [-0.15, -0.1) is 11.8 Å². The van der Waals surface area contributed by atoms with Crippen molar-refractivity contribution in [2.45, 2.75) is 10.1 Å². The molecule has 2 N–H and O–H groups in total. The Balaban J connectivity index is 2.25. The zero-order valence-electron chi connectivity index (χ0n) is 11.6. The monoisotopic (exact) mass is 304 g/mol. The van der Waals surface area contributed by atoms with E-state index in [2.05, 4.69) is 0 Å². The minimum atomic E-state index is -0.305. The first kappa shape index (κ1) is 15.2. The number of para-hydroxylation sites is 1. The molecule has 0 fully saturated rings. The normalized spacial score (nSPS) is 11.9. The molecule has 0 bridgehead atoms. The van der Waals surface area contributed by atoms with Crippen molar-refractivity contribution in [2.75, 3.05) is 19.4 Å². The zero-order valence-corrected chi connectivity index (χ0v) is 12.4. The summed E-state index contributed by atoms with van der Waals surface area (Å²) in [7, 11) is 1.59. The second-order valence-electron chi connectivity index (χ2n) is 4.43. The fourth-order valence-corrected chi connectivity index (χ4v) is 3.06. The Labute approximate surface area is 127 Å². The van der Waals surface area contributed by atoms with E-state index >= 15 is 0 Å². The summed E-state index contributed by atoms with van der Waals surface area (Å²) in [6, 6.07) is 14.7. The van der Waals surface area contributed by atoms with Gasteiger partial charge in [0.1, 0.15) is 5.75 Å². The first-order valence-electron chi connectivity index (χ1n) is 6.37. The van der Waals surface area contributed by atoms with Gasteiger partial charge < -0.3 is 10.5 Å². The number of ether oxygens (including phenoxy) is 1. The molecule has 2 aromatic rings. The minimum absolute atomic E-state index is 0.161. The molecule has 6 heteroatoms. The number of rotatable bonds is 6. The average Bonchev–Trinajstić information content (AvgIpc) is 2.48. The molecule has 110 valence electrons. The number of anilines is 1. The first-order valence-corrected chi connectivity index (χ1v) is 7.25. The highest BCUT2D eigenvalue weighted by molar-refractivity contribution is 7.99. The lowest BCUT2D eigenvalue weighted by atomic mass is 10.1. The molecule has 0 radical (unpaired) electrons. The van der Waals surface area contributed by atoms with Crippen molar-refractivity contribution in [3.05, 3.63) is 64.2 Å². The summed E-state index contributed by atoms with van der Waals surface area (Å²) in [6.07, 6.45) is 0. The Morgan fingerprint density at radius 1 is 1.24 bits per heavy atom. The van der Waals surface area contributed by atoms with Crippen LogP contribution < -0.4 is 10.5 Å². The maximum atomic E-state index is 10.9. The molecule has 0 aromatic heterocycles. The highest BCUT2D eigenvalue weighted by Crippen LogP contribution is 2.38. The van der Waals surface area contributed by atoms with Gasteiger partial charge in [0.25, 0.3) is 0 Å². The third-order valence-electron chi connectivity index (χ3n) is 2.99. The van der Waals surface area contributed by atoms with E-state index in [0.29, 0.717) is 5.69 Å². The fourth-order valence-electron chi connectivity index (χ4n) is 1.91. The average molecular weight is 304 g/mol. The maximum absolute atomic E-state index is 10.9. The van der Waals surface area contributed by atoms with Crippen molar-refractivity contribution in [1.82, 2.24) is 0 Å². The fraction of sp³-hybridized carbons (Fsp3) is 0.200. The van der Waals surface area contributed by atoms with Crippen LogP contribution in [0.2, 0.25) is 0 Å². The number of methoxy groups -OCH3 is 1. The molecule has 0 aliphatic heterocycles. The lowest BCUT2D eigenvalue weighted by Crippen LogP contribution is -2.10. The molecule has 0 saturated carbocycles. The number of nitrogens with zero attached hydrogens (tertiary/aromatic N) is 1. The summed E-state index contributed by atoms with van der Waals surface area (Å²) < 4.78 is 5.11. The molecular formula is C15H16N2O3S. The van der Waals surface area contributed by atoms with Gasteiger partial charge in [-0.3, -0.25) is 10.1 Å². The molecule has 2 rings (SSSR count). The predicted molar refractivity (Wildman–Crippen MR) is 84.3 cm³/mol. The summed E-state index contributed by atoms with van der Waals surface area (Å²) in [5.74, 6) is 0.725. The topological polar surface area (TPSA) is 78.4 Å². The van der Waals surface area contributed by atoms with Crippen LogP contribution in [0.5, 0.6) is 5.75 Å². The van der Waals surface area contributed by atoms with Crippen molar-refractivity contribution in [2.24, 2.45) is 0 Å². The molecule has 0 aliphatic carbocycles. The van der Waals surface area contributed by atoms with E-state index in [-0.39, 0.29) is 16.7 Å². The van der Waals surface area contributed by atoms with Crippen LogP contribution in [-0.4, -0.2) is 18.6 Å². The van der Waals surface area contributed by atoms with Gasteiger partial charge in [-0.05, 0) is 29.8 Å². The molecular weight excluding hydrogens is 288 g/mol. The van der Waals surface area contributed by atoms with Gasteiger partial charge in [0.2, 0.25) is 6.54 Å². The number of benzene rings is 2. The van der Waals surface area contributed by atoms with E-state index in [0.717, 1.165) is 16.2 Å². The SMILES string of the molecule is COc1ccc([C@H](C[N+](=O)[O-])Sc2ccccc2N)cc1. The molecule has 0 saturated heterocycles. The van der Waals surface area contributed by atoms with Gasteiger partial charge in [0.05, 0.1) is 12.4 Å².